The van der Waals surface area contributed by atoms with E-state index >= 15 is 0 Å². The highest BCUT2D eigenvalue weighted by atomic mass is 19.1. The molecule has 3 N–H and O–H groups in total. The Bertz CT molecular complexity index is 964. The number of hydrogen-bond donors (Lipinski definition) is 2. The van der Waals surface area contributed by atoms with E-state index in [-0.39, 0.29) is 17.1 Å². The van der Waals surface area contributed by atoms with Crippen molar-refractivity contribution in [2.24, 2.45) is 5.73 Å². The van der Waals surface area contributed by atoms with E-state index in [1.54, 1.807) is 18.5 Å². The number of nitrogens with zero attached hydrogens (tertiary/aromatic N) is 2. The Balaban J connectivity index is 1.29. The van der Waals surface area contributed by atoms with Crippen LogP contribution in [0.2, 0.25) is 0 Å². The van der Waals surface area contributed by atoms with Crippen molar-refractivity contribution in [3.63, 3.8) is 0 Å². The van der Waals surface area contributed by atoms with Crippen LogP contribution in [-0.2, 0) is 23.2 Å². The molecule has 6 heteroatoms. The van der Waals surface area contributed by atoms with Crippen molar-refractivity contribution in [1.29, 1.82) is 0 Å². The summed E-state index contributed by atoms with van der Waals surface area (Å²) in [4.78, 5) is 16.9. The highest BCUT2D eigenvalue weighted by molar-refractivity contribution is 5.81. The summed E-state index contributed by atoms with van der Waals surface area (Å²) in [5.74, 6) is -0.432. The number of imidazole rings is 1. The molecule has 0 radical (unpaired) electrons. The van der Waals surface area contributed by atoms with Gasteiger partial charge in [-0.3, -0.25) is 4.79 Å². The summed E-state index contributed by atoms with van der Waals surface area (Å²) in [6, 6.07) is 16.0. The van der Waals surface area contributed by atoms with E-state index in [1.807, 2.05) is 29.0 Å². The maximum Gasteiger partial charge on any atom is 0.237 e. The fourth-order valence-electron chi connectivity index (χ4n) is 3.62. The van der Waals surface area contributed by atoms with Crippen molar-refractivity contribution < 1.29 is 9.18 Å². The first-order valence-electron chi connectivity index (χ1n) is 9.88. The Hall–Kier alpha value is -2.99. The van der Waals surface area contributed by atoms with Crippen molar-refractivity contribution >= 4 is 5.91 Å². The third kappa shape index (κ3) is 4.71. The summed E-state index contributed by atoms with van der Waals surface area (Å²) in [6.07, 6.45) is 6.05. The van der Waals surface area contributed by atoms with Crippen molar-refractivity contribution in [3.8, 4) is 0 Å². The van der Waals surface area contributed by atoms with Gasteiger partial charge < -0.3 is 15.6 Å². The number of carbonyl (C=O) groups is 1. The molecule has 1 saturated carbocycles. The van der Waals surface area contributed by atoms with Gasteiger partial charge in [0.05, 0.1) is 18.1 Å². The lowest BCUT2D eigenvalue weighted by Gasteiger charge is -2.18. The standard InChI is InChI=1S/C23H25FN4O/c24-19-8-6-18(7-9-19)23(10-11-23)15-26-22(29)21(25)12-20-14-28(16-27-20)13-17-4-2-1-3-5-17/h1-9,14,16,21H,10-13,15,25H2,(H,26,29)/t21-/m0/s1. The van der Waals surface area contributed by atoms with E-state index in [4.69, 9.17) is 5.73 Å². The predicted molar refractivity (Wildman–Crippen MR) is 110 cm³/mol. The molecule has 0 unspecified atom stereocenters. The van der Waals surface area contributed by atoms with Crippen LogP contribution in [-0.4, -0.2) is 28.0 Å². The Kier molecular flexibility index (Phi) is 5.45. The number of benzene rings is 2. The van der Waals surface area contributed by atoms with Gasteiger partial charge in [0.2, 0.25) is 5.91 Å². The fraction of sp³-hybridized carbons (Fsp3) is 0.304. The average molecular weight is 392 g/mol. The zero-order valence-electron chi connectivity index (χ0n) is 16.2. The summed E-state index contributed by atoms with van der Waals surface area (Å²) in [6.45, 7) is 1.25. The number of rotatable bonds is 8. The van der Waals surface area contributed by atoms with Gasteiger partial charge in [-0.2, -0.15) is 0 Å². The molecule has 3 aromatic rings. The molecule has 5 nitrogen and oxygen atoms in total. The quantitative estimate of drug-likeness (QED) is 0.619. The lowest BCUT2D eigenvalue weighted by Crippen LogP contribution is -2.44. The number of nitrogens with one attached hydrogen (secondary N) is 1. The number of amides is 1. The lowest BCUT2D eigenvalue weighted by molar-refractivity contribution is -0.122. The third-order valence-electron chi connectivity index (χ3n) is 5.57. The minimum atomic E-state index is -0.654. The first-order chi connectivity index (χ1) is 14.0. The molecule has 1 aliphatic rings. The minimum Gasteiger partial charge on any atom is -0.354 e. The third-order valence-corrected chi connectivity index (χ3v) is 5.57. The Morgan fingerprint density at radius 1 is 1.17 bits per heavy atom. The summed E-state index contributed by atoms with van der Waals surface area (Å²) in [5.41, 5.74) is 9.07. The van der Waals surface area contributed by atoms with Crippen LogP contribution in [0.3, 0.4) is 0 Å². The van der Waals surface area contributed by atoms with Crippen LogP contribution in [0.25, 0.3) is 0 Å². The second-order valence-corrected chi connectivity index (χ2v) is 7.84. The fourth-order valence-corrected chi connectivity index (χ4v) is 3.62. The summed E-state index contributed by atoms with van der Waals surface area (Å²) in [7, 11) is 0. The molecule has 29 heavy (non-hydrogen) atoms. The average Bonchev–Trinajstić information content (AvgIpc) is 3.40. The largest absolute Gasteiger partial charge is 0.354 e. The van der Waals surface area contributed by atoms with Crippen LogP contribution in [0.4, 0.5) is 4.39 Å². The van der Waals surface area contributed by atoms with Crippen LogP contribution in [0.1, 0.15) is 29.7 Å². The number of halogens is 1. The van der Waals surface area contributed by atoms with E-state index in [2.05, 4.69) is 22.4 Å². The van der Waals surface area contributed by atoms with Gasteiger partial charge in [0.1, 0.15) is 5.82 Å². The first-order valence-corrected chi connectivity index (χ1v) is 9.88. The Labute approximate surface area is 169 Å². The van der Waals surface area contributed by atoms with Gasteiger partial charge in [-0.15, -0.1) is 0 Å². The molecular weight excluding hydrogens is 367 g/mol. The van der Waals surface area contributed by atoms with Crippen LogP contribution < -0.4 is 11.1 Å². The summed E-state index contributed by atoms with van der Waals surface area (Å²) < 4.78 is 15.1. The number of carbonyl (C=O) groups excluding carboxylic acids is 1. The Morgan fingerprint density at radius 3 is 2.59 bits per heavy atom. The lowest BCUT2D eigenvalue weighted by atomic mass is 9.95. The highest BCUT2D eigenvalue weighted by Gasteiger charge is 2.44. The number of nitrogens with two attached hydrogens (primary N) is 1. The highest BCUT2D eigenvalue weighted by Crippen LogP contribution is 2.47. The molecule has 2 aromatic carbocycles. The van der Waals surface area contributed by atoms with Crippen molar-refractivity contribution in [1.82, 2.24) is 14.9 Å². The van der Waals surface area contributed by atoms with Crippen LogP contribution in [0.5, 0.6) is 0 Å². The molecule has 1 atom stereocenters. The van der Waals surface area contributed by atoms with E-state index in [0.29, 0.717) is 13.0 Å². The molecule has 0 saturated heterocycles. The zero-order chi connectivity index (χ0) is 20.3. The van der Waals surface area contributed by atoms with Gasteiger partial charge in [0.25, 0.3) is 0 Å². The van der Waals surface area contributed by atoms with Gasteiger partial charge in [0, 0.05) is 31.1 Å². The van der Waals surface area contributed by atoms with E-state index in [1.165, 1.54) is 17.7 Å². The van der Waals surface area contributed by atoms with E-state index in [0.717, 1.165) is 30.6 Å². The molecule has 1 amide bonds. The Morgan fingerprint density at radius 2 is 1.90 bits per heavy atom. The molecular formula is C23H25FN4O. The second kappa shape index (κ2) is 8.17. The van der Waals surface area contributed by atoms with Crippen molar-refractivity contribution in [2.45, 2.75) is 37.3 Å². The topological polar surface area (TPSA) is 72.9 Å². The normalized spacial score (nSPS) is 15.7. The molecule has 150 valence electrons. The molecule has 1 fully saturated rings. The van der Waals surface area contributed by atoms with Gasteiger partial charge in [-0.05, 0) is 36.1 Å². The molecule has 0 aliphatic heterocycles. The maximum absolute atomic E-state index is 13.2. The van der Waals surface area contributed by atoms with Gasteiger partial charge in [0.15, 0.2) is 0 Å². The van der Waals surface area contributed by atoms with Crippen LogP contribution >= 0.6 is 0 Å². The maximum atomic E-state index is 13.2. The van der Waals surface area contributed by atoms with E-state index in [9.17, 15) is 9.18 Å². The molecule has 0 spiro atoms. The summed E-state index contributed by atoms with van der Waals surface area (Å²) >= 11 is 0. The van der Waals surface area contributed by atoms with E-state index < -0.39 is 6.04 Å². The van der Waals surface area contributed by atoms with Crippen LogP contribution in [0.15, 0.2) is 67.1 Å². The molecule has 4 rings (SSSR count). The zero-order valence-corrected chi connectivity index (χ0v) is 16.2. The van der Waals surface area contributed by atoms with Gasteiger partial charge in [-0.25, -0.2) is 9.37 Å². The smallest absolute Gasteiger partial charge is 0.237 e. The monoisotopic (exact) mass is 392 g/mol. The molecule has 0 bridgehead atoms. The SMILES string of the molecule is N[C@@H](Cc1cn(Cc2ccccc2)cn1)C(=O)NCC1(c2ccc(F)cc2)CC1. The number of hydrogen-bond acceptors (Lipinski definition) is 3. The first kappa shape index (κ1) is 19.3. The molecule has 1 aromatic heterocycles. The van der Waals surface area contributed by atoms with Crippen molar-refractivity contribution in [2.75, 3.05) is 6.54 Å². The van der Waals surface area contributed by atoms with Crippen LogP contribution in [0, 0.1) is 5.82 Å². The predicted octanol–water partition coefficient (Wildman–Crippen LogP) is 2.79. The molecule has 1 heterocycles. The minimum absolute atomic E-state index is 0.0830. The van der Waals surface area contributed by atoms with Gasteiger partial charge in [-0.1, -0.05) is 42.5 Å². The summed E-state index contributed by atoms with van der Waals surface area (Å²) in [5, 5.41) is 2.97. The molecule has 1 aliphatic carbocycles. The number of aromatic nitrogens is 2. The second-order valence-electron chi connectivity index (χ2n) is 7.84. The van der Waals surface area contributed by atoms with Crippen molar-refractivity contribution in [3.05, 3.63) is 89.8 Å². The van der Waals surface area contributed by atoms with Gasteiger partial charge >= 0.3 is 0 Å².